The van der Waals surface area contributed by atoms with Crippen LogP contribution in [0.4, 0.5) is 0 Å². The largest absolute Gasteiger partial charge is 0.375 e. The van der Waals surface area contributed by atoms with Crippen molar-refractivity contribution < 1.29 is 0 Å². The quantitative estimate of drug-likeness (QED) is 0.756. The number of piperidine rings is 1. The summed E-state index contributed by atoms with van der Waals surface area (Å²) in [5.74, 6) is 0.950. The number of fused-ring (bicyclic) bond motifs is 1. The minimum absolute atomic E-state index is 0.866. The van der Waals surface area contributed by atoms with Gasteiger partial charge in [0.15, 0.2) is 0 Å². The van der Waals surface area contributed by atoms with Gasteiger partial charge in [0.1, 0.15) is 0 Å². The summed E-state index contributed by atoms with van der Waals surface area (Å²) in [6, 6.07) is 0.866. The van der Waals surface area contributed by atoms with Crippen LogP contribution in [0.2, 0.25) is 0 Å². The molecule has 18 heavy (non-hydrogen) atoms. The van der Waals surface area contributed by atoms with Gasteiger partial charge in [0.25, 0.3) is 0 Å². The Morgan fingerprint density at radius 2 is 2.00 bits per heavy atom. The Balaban J connectivity index is 1.66. The van der Waals surface area contributed by atoms with Crippen molar-refractivity contribution in [2.45, 2.75) is 57.9 Å². The predicted octanol–water partition coefficient (Wildman–Crippen LogP) is 3.25. The maximum absolute atomic E-state index is 2.77. The molecule has 0 saturated carbocycles. The molecule has 0 amide bonds. The molecule has 2 heterocycles. The molecule has 2 nitrogen and oxygen atoms in total. The lowest BCUT2D eigenvalue weighted by atomic mass is 9.80. The van der Waals surface area contributed by atoms with Gasteiger partial charge in [-0.15, -0.1) is 0 Å². The van der Waals surface area contributed by atoms with Crippen molar-refractivity contribution in [3.63, 3.8) is 0 Å². The molecule has 2 saturated heterocycles. The molecule has 2 atom stereocenters. The average molecular weight is 248 g/mol. The zero-order chi connectivity index (χ0) is 12.4. The molecule has 0 bridgehead atoms. The molecule has 1 aliphatic carbocycles. The van der Waals surface area contributed by atoms with Crippen molar-refractivity contribution in [3.05, 3.63) is 11.8 Å². The van der Waals surface area contributed by atoms with Gasteiger partial charge in [-0.1, -0.05) is 13.0 Å². The molecule has 0 aromatic heterocycles. The van der Waals surface area contributed by atoms with E-state index in [1.807, 2.05) is 0 Å². The second-order valence-electron chi connectivity index (χ2n) is 6.34. The Kier molecular flexibility index (Phi) is 3.93. The molecule has 102 valence electrons. The van der Waals surface area contributed by atoms with Gasteiger partial charge in [-0.05, 0) is 64.0 Å². The first-order valence-electron chi connectivity index (χ1n) is 8.06. The lowest BCUT2D eigenvalue weighted by molar-refractivity contribution is 0.0826. The van der Waals surface area contributed by atoms with Crippen molar-refractivity contribution >= 4 is 0 Å². The van der Waals surface area contributed by atoms with Gasteiger partial charge in [-0.3, -0.25) is 4.90 Å². The van der Waals surface area contributed by atoms with Gasteiger partial charge in [0, 0.05) is 24.8 Å². The smallest absolute Gasteiger partial charge is 0.0175 e. The van der Waals surface area contributed by atoms with Crippen molar-refractivity contribution in [2.24, 2.45) is 5.92 Å². The van der Waals surface area contributed by atoms with E-state index in [1.165, 1.54) is 71.1 Å². The molecule has 3 rings (SSSR count). The van der Waals surface area contributed by atoms with Gasteiger partial charge >= 0.3 is 0 Å². The number of hydrogen-bond donors (Lipinski definition) is 0. The predicted molar refractivity (Wildman–Crippen MR) is 76.5 cm³/mol. The molecule has 3 aliphatic rings. The summed E-state index contributed by atoms with van der Waals surface area (Å²) in [6.45, 7) is 7.62. The molecule has 2 aliphatic heterocycles. The summed E-state index contributed by atoms with van der Waals surface area (Å²) in [5, 5.41) is 0. The first-order chi connectivity index (χ1) is 8.88. The van der Waals surface area contributed by atoms with Crippen LogP contribution in [-0.2, 0) is 0 Å². The van der Waals surface area contributed by atoms with Gasteiger partial charge < -0.3 is 4.90 Å². The lowest BCUT2D eigenvalue weighted by Crippen LogP contribution is -2.47. The zero-order valence-electron chi connectivity index (χ0n) is 11.9. The van der Waals surface area contributed by atoms with Crippen molar-refractivity contribution in [1.29, 1.82) is 0 Å². The Hall–Kier alpha value is -0.500. The van der Waals surface area contributed by atoms with E-state index in [0.717, 1.165) is 12.0 Å². The molecule has 0 aromatic rings. The van der Waals surface area contributed by atoms with E-state index >= 15 is 0 Å². The van der Waals surface area contributed by atoms with Crippen LogP contribution in [0.25, 0.3) is 0 Å². The van der Waals surface area contributed by atoms with E-state index in [1.54, 1.807) is 5.70 Å². The van der Waals surface area contributed by atoms with E-state index in [9.17, 15) is 0 Å². The third kappa shape index (κ3) is 2.45. The Bertz CT molecular complexity index is 302. The fourth-order valence-electron chi connectivity index (χ4n) is 4.23. The van der Waals surface area contributed by atoms with E-state index in [4.69, 9.17) is 0 Å². The van der Waals surface area contributed by atoms with E-state index in [2.05, 4.69) is 22.8 Å². The molecular weight excluding hydrogens is 220 g/mol. The minimum Gasteiger partial charge on any atom is -0.375 e. The molecule has 0 aromatic carbocycles. The number of allylic oxidation sites excluding steroid dienone is 1. The van der Waals surface area contributed by atoms with Crippen LogP contribution >= 0.6 is 0 Å². The summed E-state index contributed by atoms with van der Waals surface area (Å²) < 4.78 is 0. The van der Waals surface area contributed by atoms with Crippen LogP contribution < -0.4 is 0 Å². The van der Waals surface area contributed by atoms with Crippen LogP contribution in [0.3, 0.4) is 0 Å². The van der Waals surface area contributed by atoms with Crippen LogP contribution in [-0.4, -0.2) is 42.0 Å². The van der Waals surface area contributed by atoms with Crippen LogP contribution in [0, 0.1) is 5.92 Å². The van der Waals surface area contributed by atoms with Crippen molar-refractivity contribution in [1.82, 2.24) is 9.80 Å². The first kappa shape index (κ1) is 12.5. The highest BCUT2D eigenvalue weighted by molar-refractivity contribution is 5.11. The topological polar surface area (TPSA) is 6.48 Å². The zero-order valence-corrected chi connectivity index (χ0v) is 11.9. The Morgan fingerprint density at radius 1 is 1.17 bits per heavy atom. The molecule has 2 heteroatoms. The summed E-state index contributed by atoms with van der Waals surface area (Å²) in [6.07, 6.45) is 12.3. The van der Waals surface area contributed by atoms with Gasteiger partial charge in [0.2, 0.25) is 0 Å². The molecular formula is C16H28N2. The average Bonchev–Trinajstić information content (AvgIpc) is 2.93. The van der Waals surface area contributed by atoms with Gasteiger partial charge in [-0.2, -0.15) is 0 Å². The summed E-state index contributed by atoms with van der Waals surface area (Å²) in [4.78, 5) is 5.43. The molecule has 0 N–H and O–H groups in total. The summed E-state index contributed by atoms with van der Waals surface area (Å²) >= 11 is 0. The maximum atomic E-state index is 2.77. The first-order valence-corrected chi connectivity index (χ1v) is 8.06. The fraction of sp³-hybridized carbons (Fsp3) is 0.875. The highest BCUT2D eigenvalue weighted by atomic mass is 15.2. The molecule has 0 radical (unpaired) electrons. The van der Waals surface area contributed by atoms with E-state index in [-0.39, 0.29) is 0 Å². The van der Waals surface area contributed by atoms with E-state index < -0.39 is 0 Å². The third-order valence-corrected chi connectivity index (χ3v) is 5.12. The third-order valence-electron chi connectivity index (χ3n) is 5.12. The number of likely N-dealkylation sites (tertiary alicyclic amines) is 2. The van der Waals surface area contributed by atoms with Crippen LogP contribution in [0.5, 0.6) is 0 Å². The van der Waals surface area contributed by atoms with Crippen LogP contribution in [0.1, 0.15) is 51.9 Å². The minimum atomic E-state index is 0.866. The molecule has 2 fully saturated rings. The molecule has 0 spiro atoms. The summed E-state index contributed by atoms with van der Waals surface area (Å²) in [7, 11) is 0. The number of rotatable bonds is 3. The number of hydrogen-bond acceptors (Lipinski definition) is 2. The summed E-state index contributed by atoms with van der Waals surface area (Å²) in [5.41, 5.74) is 1.69. The highest BCUT2D eigenvalue weighted by Gasteiger charge is 2.34. The van der Waals surface area contributed by atoms with Gasteiger partial charge in [-0.25, -0.2) is 0 Å². The van der Waals surface area contributed by atoms with Crippen molar-refractivity contribution in [2.75, 3.05) is 26.2 Å². The van der Waals surface area contributed by atoms with Crippen LogP contribution in [0.15, 0.2) is 11.8 Å². The Labute approximate surface area is 112 Å². The second kappa shape index (κ2) is 5.64. The fourth-order valence-corrected chi connectivity index (χ4v) is 4.23. The Morgan fingerprint density at radius 3 is 2.78 bits per heavy atom. The van der Waals surface area contributed by atoms with E-state index in [0.29, 0.717) is 0 Å². The molecule has 2 unspecified atom stereocenters. The number of nitrogens with zero attached hydrogens (tertiary/aromatic N) is 2. The standard InChI is InChI=1S/C16H28N2/c1-2-9-18-12-5-6-14-13-15(7-8-16(14)18)17-10-3-4-11-17/h7,14,16H,2-6,8-13H2,1H3. The SMILES string of the molecule is CCCN1CCCC2CC(N3CCCC3)=CCC21. The lowest BCUT2D eigenvalue weighted by Gasteiger charge is -2.44. The van der Waals surface area contributed by atoms with Gasteiger partial charge in [0.05, 0.1) is 0 Å². The van der Waals surface area contributed by atoms with Crippen molar-refractivity contribution in [3.8, 4) is 0 Å². The highest BCUT2D eigenvalue weighted by Crippen LogP contribution is 2.37. The second-order valence-corrected chi connectivity index (χ2v) is 6.34. The monoisotopic (exact) mass is 248 g/mol. The normalized spacial score (nSPS) is 33.4. The maximum Gasteiger partial charge on any atom is 0.0175 e.